The predicted molar refractivity (Wildman–Crippen MR) is 98.9 cm³/mol. The lowest BCUT2D eigenvalue weighted by Gasteiger charge is -2.15. The lowest BCUT2D eigenvalue weighted by molar-refractivity contribution is -0.138. The van der Waals surface area contributed by atoms with E-state index in [1.807, 2.05) is 50.2 Å². The number of ether oxygens (including phenoxy) is 1. The fourth-order valence-electron chi connectivity index (χ4n) is 3.14. The summed E-state index contributed by atoms with van der Waals surface area (Å²) in [5.74, 6) is -0.818. The van der Waals surface area contributed by atoms with Crippen LogP contribution in [0.15, 0.2) is 48.2 Å². The summed E-state index contributed by atoms with van der Waals surface area (Å²) in [5.41, 5.74) is 3.57. The average Bonchev–Trinajstić information content (AvgIpc) is 2.83. The van der Waals surface area contributed by atoms with Gasteiger partial charge < -0.3 is 9.84 Å². The molecule has 134 valence electrons. The second kappa shape index (κ2) is 7.04. The van der Waals surface area contributed by atoms with Crippen LogP contribution in [-0.4, -0.2) is 35.5 Å². The number of imide groups is 1. The minimum absolute atomic E-state index is 0.0854. The number of benzene rings is 2. The molecule has 0 bridgehead atoms. The summed E-state index contributed by atoms with van der Waals surface area (Å²) in [7, 11) is 1.60. The Kier molecular flexibility index (Phi) is 4.80. The number of carbonyl (C=O) groups is 2. The minimum atomic E-state index is -0.640. The molecule has 1 N–H and O–H groups in total. The zero-order valence-electron chi connectivity index (χ0n) is 15.1. The highest BCUT2D eigenvalue weighted by molar-refractivity contribution is 6.35. The Morgan fingerprint density at radius 3 is 2.31 bits per heavy atom. The maximum absolute atomic E-state index is 12.8. The van der Waals surface area contributed by atoms with Crippen molar-refractivity contribution in [3.05, 3.63) is 70.5 Å². The van der Waals surface area contributed by atoms with E-state index in [2.05, 4.69) is 0 Å². The molecule has 5 nitrogen and oxygen atoms in total. The number of nitrogens with zero attached hydrogens (tertiary/aromatic N) is 1. The third-order valence-electron chi connectivity index (χ3n) is 4.58. The Bertz CT molecular complexity index is 897. The minimum Gasteiger partial charge on any atom is -0.502 e. The first-order chi connectivity index (χ1) is 12.4. The van der Waals surface area contributed by atoms with Crippen molar-refractivity contribution in [3.63, 3.8) is 0 Å². The van der Waals surface area contributed by atoms with E-state index in [9.17, 15) is 14.7 Å². The van der Waals surface area contributed by atoms with Gasteiger partial charge in [0.25, 0.3) is 11.8 Å². The molecule has 3 rings (SSSR count). The van der Waals surface area contributed by atoms with Gasteiger partial charge >= 0.3 is 0 Å². The molecule has 0 radical (unpaired) electrons. The summed E-state index contributed by atoms with van der Waals surface area (Å²) in [6.45, 7) is 4.02. The van der Waals surface area contributed by atoms with Gasteiger partial charge in [-0.15, -0.1) is 0 Å². The summed E-state index contributed by atoms with van der Waals surface area (Å²) in [6, 6.07) is 13.0. The van der Waals surface area contributed by atoms with Crippen LogP contribution in [0.3, 0.4) is 0 Å². The van der Waals surface area contributed by atoms with E-state index in [0.717, 1.165) is 27.3 Å². The van der Waals surface area contributed by atoms with E-state index in [4.69, 9.17) is 4.74 Å². The number of aliphatic hydroxyl groups excluding tert-OH is 1. The Balaban J connectivity index is 1.79. The Hall–Kier alpha value is -3.08. The maximum atomic E-state index is 12.8. The molecule has 1 aliphatic rings. The molecule has 1 heterocycles. The first-order valence-electron chi connectivity index (χ1n) is 8.42. The second-order valence-electron chi connectivity index (χ2n) is 6.40. The van der Waals surface area contributed by atoms with Crippen LogP contribution in [-0.2, 0) is 16.0 Å². The summed E-state index contributed by atoms with van der Waals surface area (Å²) in [5, 5.41) is 10.3. The normalized spacial score (nSPS) is 14.3. The molecule has 2 amide bonds. The summed E-state index contributed by atoms with van der Waals surface area (Å²) in [6.07, 6.45) is 0.509. The van der Waals surface area contributed by atoms with Crippen molar-refractivity contribution in [2.75, 3.05) is 13.7 Å². The Labute approximate surface area is 152 Å². The van der Waals surface area contributed by atoms with Crippen LogP contribution in [0.4, 0.5) is 0 Å². The molecule has 0 saturated carbocycles. The van der Waals surface area contributed by atoms with Gasteiger partial charge in [0.2, 0.25) is 0 Å². The highest BCUT2D eigenvalue weighted by atomic mass is 16.5. The quantitative estimate of drug-likeness (QED) is 0.840. The van der Waals surface area contributed by atoms with Crippen molar-refractivity contribution in [2.45, 2.75) is 20.3 Å². The van der Waals surface area contributed by atoms with Gasteiger partial charge in [-0.1, -0.05) is 35.9 Å². The second-order valence-corrected chi connectivity index (χ2v) is 6.40. The van der Waals surface area contributed by atoms with Gasteiger partial charge in [0, 0.05) is 6.54 Å². The number of hydrogen-bond acceptors (Lipinski definition) is 4. The molecule has 0 spiro atoms. The third kappa shape index (κ3) is 3.20. The first kappa shape index (κ1) is 17.7. The van der Waals surface area contributed by atoms with Crippen LogP contribution in [0, 0.1) is 13.8 Å². The van der Waals surface area contributed by atoms with Crippen LogP contribution in [0.25, 0.3) is 5.57 Å². The monoisotopic (exact) mass is 351 g/mol. The van der Waals surface area contributed by atoms with Crippen molar-refractivity contribution in [1.29, 1.82) is 0 Å². The Morgan fingerprint density at radius 1 is 1.00 bits per heavy atom. The van der Waals surface area contributed by atoms with Gasteiger partial charge in [0.15, 0.2) is 5.76 Å². The van der Waals surface area contributed by atoms with Gasteiger partial charge in [-0.05, 0) is 49.1 Å². The number of methoxy groups -OCH3 is 1. The maximum Gasteiger partial charge on any atom is 0.296 e. The summed E-state index contributed by atoms with van der Waals surface area (Å²) >= 11 is 0. The lowest BCUT2D eigenvalue weighted by Crippen LogP contribution is -2.33. The topological polar surface area (TPSA) is 66.8 Å². The number of aliphatic hydroxyl groups is 1. The summed E-state index contributed by atoms with van der Waals surface area (Å²) in [4.78, 5) is 26.2. The number of carbonyl (C=O) groups excluding carboxylic acids is 2. The number of aryl methyl sites for hydroxylation is 2. The van der Waals surface area contributed by atoms with E-state index in [1.54, 1.807) is 13.2 Å². The zero-order valence-corrected chi connectivity index (χ0v) is 15.1. The fraction of sp³-hybridized carbons (Fsp3) is 0.238. The molecule has 0 aromatic heterocycles. The molecular weight excluding hydrogens is 330 g/mol. The van der Waals surface area contributed by atoms with Gasteiger partial charge in [0.05, 0.1) is 12.7 Å². The average molecular weight is 351 g/mol. The lowest BCUT2D eigenvalue weighted by atomic mass is 9.98. The van der Waals surface area contributed by atoms with Gasteiger partial charge in [-0.3, -0.25) is 14.5 Å². The van der Waals surface area contributed by atoms with Crippen molar-refractivity contribution in [2.24, 2.45) is 0 Å². The van der Waals surface area contributed by atoms with E-state index in [-0.39, 0.29) is 12.1 Å². The molecule has 0 unspecified atom stereocenters. The van der Waals surface area contributed by atoms with Crippen LogP contribution in [0.5, 0.6) is 5.75 Å². The molecule has 0 fully saturated rings. The molecule has 2 aromatic rings. The van der Waals surface area contributed by atoms with Crippen LogP contribution < -0.4 is 4.74 Å². The predicted octanol–water partition coefficient (Wildman–Crippen LogP) is 3.19. The Morgan fingerprint density at radius 2 is 1.69 bits per heavy atom. The van der Waals surface area contributed by atoms with E-state index >= 15 is 0 Å². The summed E-state index contributed by atoms with van der Waals surface area (Å²) < 4.78 is 5.12. The first-order valence-corrected chi connectivity index (χ1v) is 8.42. The van der Waals surface area contributed by atoms with Crippen molar-refractivity contribution >= 4 is 17.4 Å². The largest absolute Gasteiger partial charge is 0.502 e. The van der Waals surface area contributed by atoms with Gasteiger partial charge in [0.1, 0.15) is 5.75 Å². The zero-order chi connectivity index (χ0) is 18.8. The fourth-order valence-corrected chi connectivity index (χ4v) is 3.14. The van der Waals surface area contributed by atoms with Crippen molar-refractivity contribution in [3.8, 4) is 5.75 Å². The van der Waals surface area contributed by atoms with Crippen molar-refractivity contribution < 1.29 is 19.4 Å². The molecule has 26 heavy (non-hydrogen) atoms. The molecule has 0 saturated heterocycles. The molecule has 0 aliphatic carbocycles. The molecular formula is C21H21NO4. The molecule has 1 aliphatic heterocycles. The van der Waals surface area contributed by atoms with Crippen LogP contribution >= 0.6 is 0 Å². The van der Waals surface area contributed by atoms with Gasteiger partial charge in [-0.2, -0.15) is 0 Å². The van der Waals surface area contributed by atoms with Crippen LogP contribution in [0.1, 0.15) is 22.3 Å². The van der Waals surface area contributed by atoms with E-state index < -0.39 is 17.6 Å². The highest BCUT2D eigenvalue weighted by Crippen LogP contribution is 2.30. The highest BCUT2D eigenvalue weighted by Gasteiger charge is 2.39. The van der Waals surface area contributed by atoms with E-state index in [0.29, 0.717) is 12.0 Å². The molecule has 0 atom stereocenters. The molecule has 5 heteroatoms. The van der Waals surface area contributed by atoms with Crippen molar-refractivity contribution in [1.82, 2.24) is 4.90 Å². The number of rotatable bonds is 5. The third-order valence-corrected chi connectivity index (χ3v) is 4.58. The smallest absolute Gasteiger partial charge is 0.296 e. The number of hydrogen-bond donors (Lipinski definition) is 1. The molecule has 2 aromatic carbocycles. The van der Waals surface area contributed by atoms with E-state index in [1.165, 1.54) is 0 Å². The standard InChI is InChI=1S/C21H21NO4/c1-13-4-9-17(14(2)12-13)18-19(23)21(25)22(20(18)24)11-10-15-5-7-16(26-3)8-6-15/h4-9,12,23H,10-11H2,1-3H3. The number of amides is 2. The van der Waals surface area contributed by atoms with Gasteiger partial charge in [-0.25, -0.2) is 0 Å². The van der Waals surface area contributed by atoms with Crippen LogP contribution in [0.2, 0.25) is 0 Å². The SMILES string of the molecule is COc1ccc(CCN2C(=O)C(O)=C(c3ccc(C)cc3C)C2=O)cc1.